The molecule has 2 N–H and O–H groups in total. The lowest BCUT2D eigenvalue weighted by molar-refractivity contribution is 0.0346. The van der Waals surface area contributed by atoms with E-state index in [4.69, 9.17) is 4.74 Å². The molecule has 5 nitrogen and oxygen atoms in total. The molecule has 0 spiro atoms. The van der Waals surface area contributed by atoms with Crippen LogP contribution in [0.15, 0.2) is 23.5 Å². The van der Waals surface area contributed by atoms with Gasteiger partial charge in [-0.1, -0.05) is 0 Å². The minimum absolute atomic E-state index is 0.304. The van der Waals surface area contributed by atoms with E-state index in [9.17, 15) is 4.79 Å². The van der Waals surface area contributed by atoms with Crippen molar-refractivity contribution in [2.24, 2.45) is 0 Å². The highest BCUT2D eigenvalue weighted by Crippen LogP contribution is 2.18. The number of nitrogens with zero attached hydrogens (tertiary/aromatic N) is 1. The average Bonchev–Trinajstić information content (AvgIpc) is 2.61. The van der Waals surface area contributed by atoms with Gasteiger partial charge in [-0.25, -0.2) is 10.2 Å². The number of allylic oxidation sites excluding steroid dienone is 1. The Labute approximate surface area is 95.1 Å². The third-order valence-corrected chi connectivity index (χ3v) is 2.32. The van der Waals surface area contributed by atoms with E-state index in [0.717, 1.165) is 12.2 Å². The standard InChI is InChI=1S/C11H17N3O2/c1-11(2,3)16-10(15)14-5-4-9-8(7-14)6-12-13-9/h4-5,12-13H,6-7H2,1-3H3. The SMILES string of the molecule is CC(C)(C)OC(=O)N1C=CC2=C(CNN2)C1. The van der Waals surface area contributed by atoms with Crippen molar-refractivity contribution in [3.63, 3.8) is 0 Å². The highest BCUT2D eigenvalue weighted by molar-refractivity contribution is 5.70. The molecule has 1 amide bonds. The minimum Gasteiger partial charge on any atom is -0.443 e. The van der Waals surface area contributed by atoms with Crippen LogP contribution in [0.1, 0.15) is 20.8 Å². The molecule has 0 aliphatic carbocycles. The van der Waals surface area contributed by atoms with E-state index in [1.54, 1.807) is 11.1 Å². The summed E-state index contributed by atoms with van der Waals surface area (Å²) < 4.78 is 5.30. The highest BCUT2D eigenvalue weighted by atomic mass is 16.6. The van der Waals surface area contributed by atoms with Crippen LogP contribution in [-0.2, 0) is 4.74 Å². The summed E-state index contributed by atoms with van der Waals surface area (Å²) in [5.74, 6) is 0. The van der Waals surface area contributed by atoms with Gasteiger partial charge >= 0.3 is 6.09 Å². The molecule has 0 radical (unpaired) electrons. The summed E-state index contributed by atoms with van der Waals surface area (Å²) >= 11 is 0. The first-order valence-electron chi connectivity index (χ1n) is 5.34. The zero-order valence-corrected chi connectivity index (χ0v) is 9.83. The predicted molar refractivity (Wildman–Crippen MR) is 60.2 cm³/mol. The molecule has 0 saturated heterocycles. The predicted octanol–water partition coefficient (Wildman–Crippen LogP) is 1.11. The number of hydrogen-bond donors (Lipinski definition) is 2. The fraction of sp³-hybridized carbons (Fsp3) is 0.545. The second kappa shape index (κ2) is 3.83. The fourth-order valence-corrected chi connectivity index (χ4v) is 1.60. The Hall–Kier alpha value is -1.49. The van der Waals surface area contributed by atoms with Crippen LogP contribution in [0.3, 0.4) is 0 Å². The van der Waals surface area contributed by atoms with Gasteiger partial charge in [-0.15, -0.1) is 0 Å². The van der Waals surface area contributed by atoms with Crippen LogP contribution >= 0.6 is 0 Å². The number of ether oxygens (including phenoxy) is 1. The van der Waals surface area contributed by atoms with Gasteiger partial charge < -0.3 is 10.2 Å². The first-order chi connectivity index (χ1) is 7.46. The Morgan fingerprint density at radius 3 is 2.94 bits per heavy atom. The van der Waals surface area contributed by atoms with Gasteiger partial charge in [0.15, 0.2) is 0 Å². The lowest BCUT2D eigenvalue weighted by Crippen LogP contribution is -2.36. The molecule has 88 valence electrons. The Morgan fingerprint density at radius 1 is 1.50 bits per heavy atom. The van der Waals surface area contributed by atoms with Gasteiger partial charge in [-0.05, 0) is 32.4 Å². The Balaban J connectivity index is 1.99. The van der Waals surface area contributed by atoms with Gasteiger partial charge in [0.1, 0.15) is 5.60 Å². The van der Waals surface area contributed by atoms with Crippen LogP contribution in [0.4, 0.5) is 4.79 Å². The van der Waals surface area contributed by atoms with Crippen LogP contribution in [0.2, 0.25) is 0 Å². The molecule has 0 saturated carbocycles. The molecule has 2 aliphatic heterocycles. The second-order valence-electron chi connectivity index (χ2n) is 4.92. The third-order valence-electron chi connectivity index (χ3n) is 2.32. The quantitative estimate of drug-likeness (QED) is 0.646. The zero-order chi connectivity index (χ0) is 11.8. The van der Waals surface area contributed by atoms with E-state index < -0.39 is 5.60 Å². The maximum absolute atomic E-state index is 11.8. The molecule has 16 heavy (non-hydrogen) atoms. The Morgan fingerprint density at radius 2 is 2.25 bits per heavy atom. The first kappa shape index (κ1) is 11.0. The summed E-state index contributed by atoms with van der Waals surface area (Å²) in [5.41, 5.74) is 7.83. The van der Waals surface area contributed by atoms with Crippen molar-refractivity contribution in [1.29, 1.82) is 0 Å². The first-order valence-corrected chi connectivity index (χ1v) is 5.34. The summed E-state index contributed by atoms with van der Waals surface area (Å²) in [6, 6.07) is 0. The van der Waals surface area contributed by atoms with Crippen molar-refractivity contribution in [1.82, 2.24) is 15.8 Å². The van der Waals surface area contributed by atoms with Gasteiger partial charge in [0.05, 0.1) is 12.2 Å². The molecule has 2 aliphatic rings. The Bertz CT molecular complexity index is 366. The van der Waals surface area contributed by atoms with Crippen LogP contribution < -0.4 is 10.9 Å². The van der Waals surface area contributed by atoms with Crippen LogP contribution in [0, 0.1) is 0 Å². The normalized spacial score (nSPS) is 19.6. The van der Waals surface area contributed by atoms with Gasteiger partial charge in [0.2, 0.25) is 0 Å². The number of rotatable bonds is 0. The molecule has 0 fully saturated rings. The van der Waals surface area contributed by atoms with Crippen molar-refractivity contribution < 1.29 is 9.53 Å². The van der Waals surface area contributed by atoms with E-state index in [0.29, 0.717) is 6.54 Å². The van der Waals surface area contributed by atoms with Crippen molar-refractivity contribution in [3.8, 4) is 0 Å². The third kappa shape index (κ3) is 2.36. The molecular weight excluding hydrogens is 206 g/mol. The van der Waals surface area contributed by atoms with E-state index >= 15 is 0 Å². The molecule has 0 aromatic heterocycles. The minimum atomic E-state index is -0.453. The smallest absolute Gasteiger partial charge is 0.414 e. The number of nitrogens with one attached hydrogen (secondary N) is 2. The number of hydrogen-bond acceptors (Lipinski definition) is 4. The summed E-state index contributed by atoms with van der Waals surface area (Å²) in [4.78, 5) is 13.4. The van der Waals surface area contributed by atoms with Crippen LogP contribution in [0.25, 0.3) is 0 Å². The van der Waals surface area contributed by atoms with E-state index in [1.165, 1.54) is 5.57 Å². The number of carbonyl (C=O) groups excluding carboxylic acids is 1. The molecule has 2 heterocycles. The highest BCUT2D eigenvalue weighted by Gasteiger charge is 2.25. The molecule has 0 aromatic carbocycles. The van der Waals surface area contributed by atoms with Crippen molar-refractivity contribution >= 4 is 6.09 Å². The fourth-order valence-electron chi connectivity index (χ4n) is 1.60. The largest absolute Gasteiger partial charge is 0.443 e. The number of carbonyl (C=O) groups is 1. The number of hydrazine groups is 1. The van der Waals surface area contributed by atoms with Crippen molar-refractivity contribution in [2.45, 2.75) is 26.4 Å². The lowest BCUT2D eigenvalue weighted by Gasteiger charge is -2.26. The van der Waals surface area contributed by atoms with Gasteiger partial charge in [-0.3, -0.25) is 4.90 Å². The second-order valence-corrected chi connectivity index (χ2v) is 4.92. The molecule has 0 atom stereocenters. The number of amides is 1. The maximum Gasteiger partial charge on any atom is 0.414 e. The molecule has 0 bridgehead atoms. The molecule has 0 unspecified atom stereocenters. The van der Waals surface area contributed by atoms with E-state index in [1.807, 2.05) is 26.8 Å². The van der Waals surface area contributed by atoms with Gasteiger partial charge in [0.25, 0.3) is 0 Å². The Kier molecular flexibility index (Phi) is 2.63. The topological polar surface area (TPSA) is 53.6 Å². The monoisotopic (exact) mass is 223 g/mol. The average molecular weight is 223 g/mol. The lowest BCUT2D eigenvalue weighted by atomic mass is 10.1. The van der Waals surface area contributed by atoms with Gasteiger partial charge in [0, 0.05) is 12.7 Å². The van der Waals surface area contributed by atoms with Crippen LogP contribution in [0.5, 0.6) is 0 Å². The zero-order valence-electron chi connectivity index (χ0n) is 9.83. The summed E-state index contributed by atoms with van der Waals surface area (Å²) in [5, 5.41) is 0. The molecule has 0 aromatic rings. The molecular formula is C11H17N3O2. The van der Waals surface area contributed by atoms with E-state index in [-0.39, 0.29) is 6.09 Å². The maximum atomic E-state index is 11.8. The summed E-state index contributed by atoms with van der Waals surface area (Å²) in [6.45, 7) is 6.94. The molecule has 5 heteroatoms. The summed E-state index contributed by atoms with van der Waals surface area (Å²) in [6.07, 6.45) is 3.32. The summed E-state index contributed by atoms with van der Waals surface area (Å²) in [7, 11) is 0. The van der Waals surface area contributed by atoms with Crippen LogP contribution in [-0.4, -0.2) is 29.7 Å². The van der Waals surface area contributed by atoms with E-state index in [2.05, 4.69) is 10.9 Å². The van der Waals surface area contributed by atoms with Crippen molar-refractivity contribution in [2.75, 3.05) is 13.1 Å². The molecule has 2 rings (SSSR count). The van der Waals surface area contributed by atoms with Gasteiger partial charge in [-0.2, -0.15) is 0 Å². The van der Waals surface area contributed by atoms with Crippen molar-refractivity contribution in [3.05, 3.63) is 23.5 Å².